The van der Waals surface area contributed by atoms with Crippen LogP contribution in [0.2, 0.25) is 0 Å². The Labute approximate surface area is 107 Å². The van der Waals surface area contributed by atoms with E-state index in [2.05, 4.69) is 20.0 Å². The van der Waals surface area contributed by atoms with Gasteiger partial charge in [-0.2, -0.15) is 0 Å². The number of nitrogens with one attached hydrogen (secondary N) is 2. The summed E-state index contributed by atoms with van der Waals surface area (Å²) in [6, 6.07) is 1.67. The van der Waals surface area contributed by atoms with E-state index in [-0.39, 0.29) is 5.16 Å². The van der Waals surface area contributed by atoms with Crippen molar-refractivity contribution in [1.29, 1.82) is 0 Å². The van der Waals surface area contributed by atoms with Gasteiger partial charge in [-0.25, -0.2) is 23.1 Å². The normalized spacial score (nSPS) is 17.8. The van der Waals surface area contributed by atoms with Crippen molar-refractivity contribution in [2.45, 2.75) is 24.9 Å². The number of rotatable bonds is 4. The van der Waals surface area contributed by atoms with E-state index < -0.39 is 10.0 Å². The first-order valence-electron chi connectivity index (χ1n) is 6.08. The highest BCUT2D eigenvalue weighted by molar-refractivity contribution is 7.89. The van der Waals surface area contributed by atoms with Crippen LogP contribution in [0.15, 0.2) is 17.4 Å². The molecule has 7 heteroatoms. The van der Waals surface area contributed by atoms with Gasteiger partial charge in [-0.3, -0.25) is 0 Å². The number of aromatic nitrogens is 2. The Bertz CT molecular complexity index is 498. The molecular formula is C11H18N4O2S. The molecule has 0 aromatic carbocycles. The van der Waals surface area contributed by atoms with Crippen LogP contribution in [0.4, 0.5) is 0 Å². The minimum absolute atomic E-state index is 0.142. The van der Waals surface area contributed by atoms with Crippen LogP contribution in [0, 0.1) is 12.8 Å². The molecule has 1 aliphatic heterocycles. The van der Waals surface area contributed by atoms with Gasteiger partial charge in [0.15, 0.2) is 0 Å². The summed E-state index contributed by atoms with van der Waals surface area (Å²) in [6.45, 7) is 4.11. The zero-order valence-electron chi connectivity index (χ0n) is 10.4. The summed E-state index contributed by atoms with van der Waals surface area (Å²) in [7, 11) is -3.57. The molecular weight excluding hydrogens is 252 g/mol. The topological polar surface area (TPSA) is 84.0 Å². The molecule has 2 rings (SSSR count). The first-order valence-corrected chi connectivity index (χ1v) is 7.56. The van der Waals surface area contributed by atoms with Gasteiger partial charge in [-0.1, -0.05) is 0 Å². The van der Waals surface area contributed by atoms with Crippen LogP contribution in [-0.4, -0.2) is 38.0 Å². The lowest BCUT2D eigenvalue weighted by Crippen LogP contribution is -2.36. The summed E-state index contributed by atoms with van der Waals surface area (Å²) in [5.41, 5.74) is 0.646. The summed E-state index contributed by atoms with van der Waals surface area (Å²) >= 11 is 0. The van der Waals surface area contributed by atoms with Crippen molar-refractivity contribution in [1.82, 2.24) is 20.0 Å². The van der Waals surface area contributed by atoms with Gasteiger partial charge in [0.1, 0.15) is 0 Å². The lowest BCUT2D eigenvalue weighted by Gasteiger charge is -2.22. The SMILES string of the molecule is Cc1ccnc(S(=O)(=O)NCC2CCNCC2)n1. The van der Waals surface area contributed by atoms with E-state index >= 15 is 0 Å². The number of piperidine rings is 1. The molecule has 0 amide bonds. The summed E-state index contributed by atoms with van der Waals surface area (Å²) in [5.74, 6) is 0.394. The predicted molar refractivity (Wildman–Crippen MR) is 67.6 cm³/mol. The highest BCUT2D eigenvalue weighted by Crippen LogP contribution is 2.11. The number of aryl methyl sites for hydroxylation is 1. The van der Waals surface area contributed by atoms with E-state index in [0.717, 1.165) is 25.9 Å². The molecule has 1 aliphatic rings. The van der Waals surface area contributed by atoms with Gasteiger partial charge in [-0.15, -0.1) is 0 Å². The van der Waals surface area contributed by atoms with E-state index in [4.69, 9.17) is 0 Å². The van der Waals surface area contributed by atoms with E-state index in [1.807, 2.05) is 0 Å². The Balaban J connectivity index is 1.98. The Morgan fingerprint density at radius 2 is 2.17 bits per heavy atom. The van der Waals surface area contributed by atoms with Crippen molar-refractivity contribution in [3.05, 3.63) is 18.0 Å². The number of sulfonamides is 1. The molecule has 0 unspecified atom stereocenters. The van der Waals surface area contributed by atoms with Crippen LogP contribution in [0.3, 0.4) is 0 Å². The number of hydrogen-bond acceptors (Lipinski definition) is 5. The second kappa shape index (κ2) is 5.73. The molecule has 0 radical (unpaired) electrons. The second-order valence-electron chi connectivity index (χ2n) is 4.53. The maximum Gasteiger partial charge on any atom is 0.276 e. The zero-order chi connectivity index (χ0) is 13.0. The smallest absolute Gasteiger partial charge is 0.276 e. The number of hydrogen-bond donors (Lipinski definition) is 2. The molecule has 1 aromatic heterocycles. The third kappa shape index (κ3) is 3.47. The maximum atomic E-state index is 12.0. The largest absolute Gasteiger partial charge is 0.317 e. The average molecular weight is 270 g/mol. The highest BCUT2D eigenvalue weighted by atomic mass is 32.2. The predicted octanol–water partition coefficient (Wildman–Crippen LogP) is 0.0629. The van der Waals surface area contributed by atoms with E-state index in [0.29, 0.717) is 18.2 Å². The fourth-order valence-corrected chi connectivity index (χ4v) is 2.98. The van der Waals surface area contributed by atoms with E-state index in [1.54, 1.807) is 13.0 Å². The first-order chi connectivity index (χ1) is 8.58. The van der Waals surface area contributed by atoms with Crippen molar-refractivity contribution in [3.8, 4) is 0 Å². The van der Waals surface area contributed by atoms with Crippen LogP contribution < -0.4 is 10.0 Å². The lowest BCUT2D eigenvalue weighted by molar-refractivity contribution is 0.372. The van der Waals surface area contributed by atoms with Crippen LogP contribution in [0.1, 0.15) is 18.5 Å². The molecule has 18 heavy (non-hydrogen) atoms. The molecule has 2 N–H and O–H groups in total. The van der Waals surface area contributed by atoms with Gasteiger partial charge in [0, 0.05) is 18.4 Å². The minimum atomic E-state index is -3.57. The third-order valence-electron chi connectivity index (χ3n) is 3.03. The van der Waals surface area contributed by atoms with Crippen molar-refractivity contribution in [2.75, 3.05) is 19.6 Å². The van der Waals surface area contributed by atoms with Crippen LogP contribution in [-0.2, 0) is 10.0 Å². The molecule has 1 saturated heterocycles. The minimum Gasteiger partial charge on any atom is -0.317 e. The first kappa shape index (κ1) is 13.4. The van der Waals surface area contributed by atoms with Crippen molar-refractivity contribution >= 4 is 10.0 Å². The molecule has 0 spiro atoms. The molecule has 2 heterocycles. The maximum absolute atomic E-state index is 12.0. The molecule has 0 bridgehead atoms. The molecule has 0 atom stereocenters. The van der Waals surface area contributed by atoms with E-state index in [1.165, 1.54) is 6.20 Å². The van der Waals surface area contributed by atoms with Crippen LogP contribution in [0.5, 0.6) is 0 Å². The van der Waals surface area contributed by atoms with Crippen molar-refractivity contribution in [3.63, 3.8) is 0 Å². The summed E-state index contributed by atoms with van der Waals surface area (Å²) in [5, 5.41) is 3.11. The van der Waals surface area contributed by atoms with Gasteiger partial charge in [-0.05, 0) is 44.8 Å². The molecule has 0 saturated carbocycles. The van der Waals surface area contributed by atoms with Gasteiger partial charge in [0.25, 0.3) is 15.2 Å². The Morgan fingerprint density at radius 3 is 2.83 bits per heavy atom. The summed E-state index contributed by atoms with van der Waals surface area (Å²) < 4.78 is 26.5. The van der Waals surface area contributed by atoms with Crippen LogP contribution >= 0.6 is 0 Å². The Kier molecular flexibility index (Phi) is 4.26. The number of nitrogens with zero attached hydrogens (tertiary/aromatic N) is 2. The molecule has 1 fully saturated rings. The monoisotopic (exact) mass is 270 g/mol. The molecule has 1 aromatic rings. The molecule has 6 nitrogen and oxygen atoms in total. The van der Waals surface area contributed by atoms with Gasteiger partial charge in [0.05, 0.1) is 0 Å². The highest BCUT2D eigenvalue weighted by Gasteiger charge is 2.20. The summed E-state index contributed by atoms with van der Waals surface area (Å²) in [6.07, 6.45) is 3.45. The Hall–Kier alpha value is -1.05. The fourth-order valence-electron chi connectivity index (χ4n) is 1.93. The standard InChI is InChI=1S/C11H18N4O2S/c1-9-2-7-13-11(15-9)18(16,17)14-8-10-3-5-12-6-4-10/h2,7,10,12,14H,3-6,8H2,1H3. The average Bonchev–Trinajstić information content (AvgIpc) is 2.38. The van der Waals surface area contributed by atoms with Crippen molar-refractivity contribution in [2.24, 2.45) is 5.92 Å². The van der Waals surface area contributed by atoms with E-state index in [9.17, 15) is 8.42 Å². The second-order valence-corrected chi connectivity index (χ2v) is 6.19. The quantitative estimate of drug-likeness (QED) is 0.756. The van der Waals surface area contributed by atoms with Gasteiger partial charge in [0.2, 0.25) is 0 Å². The van der Waals surface area contributed by atoms with Crippen molar-refractivity contribution < 1.29 is 8.42 Å². The van der Waals surface area contributed by atoms with Gasteiger partial charge >= 0.3 is 0 Å². The zero-order valence-corrected chi connectivity index (χ0v) is 11.2. The van der Waals surface area contributed by atoms with Crippen LogP contribution in [0.25, 0.3) is 0 Å². The lowest BCUT2D eigenvalue weighted by atomic mass is 9.99. The Morgan fingerprint density at radius 1 is 1.44 bits per heavy atom. The van der Waals surface area contributed by atoms with Gasteiger partial charge < -0.3 is 5.32 Å². The fraction of sp³-hybridized carbons (Fsp3) is 0.636. The molecule has 100 valence electrons. The molecule has 0 aliphatic carbocycles. The third-order valence-corrected chi connectivity index (χ3v) is 4.26. The summed E-state index contributed by atoms with van der Waals surface area (Å²) in [4.78, 5) is 7.74.